The minimum absolute atomic E-state index is 0.0418. The van der Waals surface area contributed by atoms with E-state index >= 15 is 0 Å². The first kappa shape index (κ1) is 27.3. The van der Waals surface area contributed by atoms with Crippen molar-refractivity contribution >= 4 is 24.7 Å². The highest BCUT2D eigenvalue weighted by molar-refractivity contribution is 6.99. The van der Waals surface area contributed by atoms with Gasteiger partial charge < -0.3 is 9.53 Å². The van der Waals surface area contributed by atoms with Gasteiger partial charge in [-0.2, -0.15) is 0 Å². The van der Waals surface area contributed by atoms with Crippen LogP contribution in [0.4, 0.5) is 0 Å². The topological polar surface area (TPSA) is 46.5 Å². The maximum Gasteiger partial charge on any atom is 0.303 e. The van der Waals surface area contributed by atoms with Crippen molar-refractivity contribution < 1.29 is 14.3 Å². The van der Waals surface area contributed by atoms with E-state index in [1.165, 1.54) is 55.3 Å². The van der Waals surface area contributed by atoms with Crippen molar-refractivity contribution in [3.8, 4) is 0 Å². The van der Waals surface area contributed by atoms with Crippen LogP contribution >= 0.6 is 0 Å². The van der Waals surface area contributed by atoms with Crippen LogP contribution in [0.5, 0.6) is 0 Å². The lowest BCUT2D eigenvalue weighted by Gasteiger charge is -2.43. The van der Waals surface area contributed by atoms with E-state index in [0.29, 0.717) is 6.42 Å². The quantitative estimate of drug-likeness (QED) is 0.214. The number of carboxylic acid groups (broad SMARTS) is 1. The van der Waals surface area contributed by atoms with Crippen molar-refractivity contribution in [2.75, 3.05) is 6.61 Å². The molecule has 0 spiro atoms. The second-order valence-corrected chi connectivity index (χ2v) is 14.5. The average Bonchev–Trinajstić information content (AvgIpc) is 2.79. The Bertz CT molecular complexity index is 744. The van der Waals surface area contributed by atoms with Crippen LogP contribution < -0.4 is 10.4 Å². The van der Waals surface area contributed by atoms with Crippen molar-refractivity contribution in [3.63, 3.8) is 0 Å². The Morgan fingerprint density at radius 3 is 1.48 bits per heavy atom. The minimum Gasteiger partial charge on any atom is -0.481 e. The fourth-order valence-corrected chi connectivity index (χ4v) is 9.39. The van der Waals surface area contributed by atoms with Crippen LogP contribution in [0.3, 0.4) is 0 Å². The first-order valence-electron chi connectivity index (χ1n) is 12.8. The van der Waals surface area contributed by atoms with E-state index in [1.807, 2.05) is 0 Å². The molecule has 3 nitrogen and oxygen atoms in total. The van der Waals surface area contributed by atoms with E-state index in [4.69, 9.17) is 9.53 Å². The molecule has 0 heterocycles. The van der Waals surface area contributed by atoms with Gasteiger partial charge in [-0.1, -0.05) is 133 Å². The molecule has 0 fully saturated rings. The molecule has 0 atom stereocenters. The molecule has 0 saturated carbocycles. The summed E-state index contributed by atoms with van der Waals surface area (Å²) < 4.78 is 6.96. The first-order valence-corrected chi connectivity index (χ1v) is 14.8. The molecule has 0 aromatic heterocycles. The summed E-state index contributed by atoms with van der Waals surface area (Å²) in [6.07, 6.45) is 12.0. The van der Waals surface area contributed by atoms with Crippen LogP contribution in [0.25, 0.3) is 0 Å². The zero-order valence-corrected chi connectivity index (χ0v) is 22.0. The zero-order chi connectivity index (χ0) is 24.0. The third-order valence-electron chi connectivity index (χ3n) is 6.52. The van der Waals surface area contributed by atoms with Gasteiger partial charge in [0.05, 0.1) is 0 Å². The number of hydrogen-bond acceptors (Lipinski definition) is 2. The molecule has 0 bridgehead atoms. The predicted octanol–water partition coefficient (Wildman–Crippen LogP) is 6.94. The van der Waals surface area contributed by atoms with Crippen molar-refractivity contribution in [1.82, 2.24) is 0 Å². The summed E-state index contributed by atoms with van der Waals surface area (Å²) in [4.78, 5) is 10.5. The SMILES string of the molecule is CC(C)(C)[Si](OCCCCCCCCCCCCC(=O)O)(c1ccccc1)c1ccccc1. The number of benzene rings is 2. The lowest BCUT2D eigenvalue weighted by molar-refractivity contribution is -0.137. The van der Waals surface area contributed by atoms with E-state index in [1.54, 1.807) is 0 Å². The third-order valence-corrected chi connectivity index (χ3v) is 11.6. The fraction of sp³-hybridized carbons (Fsp3) is 0.552. The Hall–Kier alpha value is -1.91. The molecule has 1 N–H and O–H groups in total. The van der Waals surface area contributed by atoms with E-state index in [-0.39, 0.29) is 5.04 Å². The molecule has 0 amide bonds. The lowest BCUT2D eigenvalue weighted by atomic mass is 10.1. The second kappa shape index (κ2) is 14.4. The maximum atomic E-state index is 10.5. The summed E-state index contributed by atoms with van der Waals surface area (Å²) in [6, 6.07) is 21.8. The van der Waals surface area contributed by atoms with Gasteiger partial charge in [-0.25, -0.2) is 0 Å². The zero-order valence-electron chi connectivity index (χ0n) is 21.0. The fourth-order valence-electron chi connectivity index (χ4n) is 4.78. The Morgan fingerprint density at radius 2 is 1.09 bits per heavy atom. The summed E-state index contributed by atoms with van der Waals surface area (Å²) in [7, 11) is -2.39. The molecule has 2 aromatic rings. The number of aliphatic carboxylic acids is 1. The highest BCUT2D eigenvalue weighted by atomic mass is 28.4. The van der Waals surface area contributed by atoms with Gasteiger partial charge in [-0.05, 0) is 28.3 Å². The Labute approximate surface area is 202 Å². The predicted molar refractivity (Wildman–Crippen MR) is 142 cm³/mol. The Balaban J connectivity index is 1.79. The monoisotopic (exact) mass is 468 g/mol. The van der Waals surface area contributed by atoms with E-state index in [0.717, 1.165) is 25.9 Å². The van der Waals surface area contributed by atoms with Crippen molar-refractivity contribution in [1.29, 1.82) is 0 Å². The van der Waals surface area contributed by atoms with Gasteiger partial charge in [0.15, 0.2) is 0 Å². The molecule has 2 aromatic carbocycles. The summed E-state index contributed by atoms with van der Waals surface area (Å²) in [5, 5.41) is 11.4. The smallest absolute Gasteiger partial charge is 0.303 e. The first-order chi connectivity index (χ1) is 15.9. The van der Waals surface area contributed by atoms with E-state index < -0.39 is 14.3 Å². The highest BCUT2D eigenvalue weighted by Crippen LogP contribution is 2.36. The van der Waals surface area contributed by atoms with Gasteiger partial charge in [-0.3, -0.25) is 4.79 Å². The Morgan fingerprint density at radius 1 is 0.697 bits per heavy atom. The molecule has 4 heteroatoms. The van der Waals surface area contributed by atoms with Gasteiger partial charge in [0.2, 0.25) is 0 Å². The summed E-state index contributed by atoms with van der Waals surface area (Å²) >= 11 is 0. The van der Waals surface area contributed by atoms with Gasteiger partial charge in [0.1, 0.15) is 0 Å². The molecule has 0 unspecified atom stereocenters. The van der Waals surface area contributed by atoms with Crippen molar-refractivity contribution in [3.05, 3.63) is 60.7 Å². The van der Waals surface area contributed by atoms with E-state index in [9.17, 15) is 4.79 Å². The number of carboxylic acids is 1. The van der Waals surface area contributed by atoms with Crippen LogP contribution in [0.2, 0.25) is 5.04 Å². The molecule has 0 aliphatic carbocycles. The molecule has 0 saturated heterocycles. The number of rotatable bonds is 16. The molecular formula is C29H44O3Si. The van der Waals surface area contributed by atoms with Crippen LogP contribution in [0, 0.1) is 0 Å². The molecule has 182 valence electrons. The van der Waals surface area contributed by atoms with Gasteiger partial charge >= 0.3 is 5.97 Å². The van der Waals surface area contributed by atoms with Crippen molar-refractivity contribution in [2.24, 2.45) is 0 Å². The minimum atomic E-state index is -2.39. The summed E-state index contributed by atoms with van der Waals surface area (Å²) in [5.74, 6) is -0.672. The lowest BCUT2D eigenvalue weighted by Crippen LogP contribution is -2.66. The van der Waals surface area contributed by atoms with Crippen LogP contribution in [0.1, 0.15) is 91.4 Å². The highest BCUT2D eigenvalue weighted by Gasteiger charge is 2.49. The van der Waals surface area contributed by atoms with E-state index in [2.05, 4.69) is 81.4 Å². The average molecular weight is 469 g/mol. The molecular weight excluding hydrogens is 424 g/mol. The molecule has 33 heavy (non-hydrogen) atoms. The summed E-state index contributed by atoms with van der Waals surface area (Å²) in [5.41, 5.74) is 0. The standard InChI is InChI=1S/C29H44O3Si/c1-29(2,3)33(26-20-14-12-15-21-26,27-22-16-13-17-23-27)32-25-19-11-9-7-5-4-6-8-10-18-24-28(30)31/h12-17,20-23H,4-11,18-19,24-25H2,1-3H3,(H,30,31). The van der Waals surface area contributed by atoms with Gasteiger partial charge in [0.25, 0.3) is 8.32 Å². The number of hydrogen-bond donors (Lipinski definition) is 1. The molecule has 0 aliphatic heterocycles. The molecule has 0 radical (unpaired) electrons. The number of carbonyl (C=O) groups is 1. The van der Waals surface area contributed by atoms with Gasteiger partial charge in [-0.15, -0.1) is 0 Å². The van der Waals surface area contributed by atoms with Crippen LogP contribution in [-0.2, 0) is 9.22 Å². The van der Waals surface area contributed by atoms with Gasteiger partial charge in [0, 0.05) is 13.0 Å². The second-order valence-electron chi connectivity index (χ2n) is 10.2. The molecule has 0 aliphatic rings. The third kappa shape index (κ3) is 8.75. The summed E-state index contributed by atoms with van der Waals surface area (Å²) in [6.45, 7) is 7.82. The Kier molecular flexibility index (Phi) is 11.9. The van der Waals surface area contributed by atoms with Crippen LogP contribution in [0.15, 0.2) is 60.7 Å². The largest absolute Gasteiger partial charge is 0.481 e. The van der Waals surface area contributed by atoms with Crippen LogP contribution in [-0.4, -0.2) is 26.0 Å². The maximum absolute atomic E-state index is 10.5. The normalized spacial score (nSPS) is 12.1. The molecule has 2 rings (SSSR count). The van der Waals surface area contributed by atoms with Crippen molar-refractivity contribution in [2.45, 2.75) is 96.4 Å². The number of unbranched alkanes of at least 4 members (excludes halogenated alkanes) is 9.